The lowest BCUT2D eigenvalue weighted by atomic mass is 9.86. The Hall–Kier alpha value is -1.58. The molecule has 0 spiro atoms. The van der Waals surface area contributed by atoms with Crippen molar-refractivity contribution in [2.75, 3.05) is 6.61 Å². The Morgan fingerprint density at radius 2 is 1.60 bits per heavy atom. The summed E-state index contributed by atoms with van der Waals surface area (Å²) in [5.41, 5.74) is 0. The molecular formula is C21H34O4. The third kappa shape index (κ3) is 13.4. The summed E-state index contributed by atoms with van der Waals surface area (Å²) in [5.74, 6) is -0.101. The average Bonchev–Trinajstić information content (AvgIpc) is 2.61. The van der Waals surface area contributed by atoms with Crippen molar-refractivity contribution < 1.29 is 19.4 Å². The second kappa shape index (κ2) is 14.7. The molecule has 1 saturated carbocycles. The van der Waals surface area contributed by atoms with Crippen LogP contribution in [0, 0.1) is 5.92 Å². The first kappa shape index (κ1) is 21.5. The molecule has 0 unspecified atom stereocenters. The van der Waals surface area contributed by atoms with Crippen LogP contribution in [-0.2, 0) is 14.3 Å². The molecule has 4 heteroatoms. The van der Waals surface area contributed by atoms with Gasteiger partial charge >= 0.3 is 11.9 Å². The minimum atomic E-state index is -0.818. The number of ether oxygens (including phenoxy) is 1. The molecule has 0 heterocycles. The maximum absolute atomic E-state index is 11.4. The van der Waals surface area contributed by atoms with Gasteiger partial charge < -0.3 is 9.84 Å². The Balaban J connectivity index is 1.89. The molecule has 0 aromatic carbocycles. The fourth-order valence-corrected chi connectivity index (χ4v) is 3.17. The van der Waals surface area contributed by atoms with Gasteiger partial charge in [0.15, 0.2) is 0 Å². The first-order valence-corrected chi connectivity index (χ1v) is 9.86. The maximum Gasteiger partial charge on any atom is 0.305 e. The lowest BCUT2D eigenvalue weighted by Gasteiger charge is -2.20. The Morgan fingerprint density at radius 3 is 2.32 bits per heavy atom. The van der Waals surface area contributed by atoms with Gasteiger partial charge in [0.1, 0.15) is 0 Å². The third-order valence-electron chi connectivity index (χ3n) is 4.64. The highest BCUT2D eigenvalue weighted by Gasteiger charge is 2.11. The van der Waals surface area contributed by atoms with Crippen LogP contribution < -0.4 is 0 Å². The Kier molecular flexibility index (Phi) is 12.7. The van der Waals surface area contributed by atoms with E-state index >= 15 is 0 Å². The highest BCUT2D eigenvalue weighted by Crippen LogP contribution is 2.27. The molecule has 0 aromatic rings. The summed E-state index contributed by atoms with van der Waals surface area (Å²) in [6, 6.07) is 0. The van der Waals surface area contributed by atoms with Gasteiger partial charge in [0.2, 0.25) is 0 Å². The van der Waals surface area contributed by atoms with Gasteiger partial charge in [0, 0.05) is 12.8 Å². The Labute approximate surface area is 152 Å². The van der Waals surface area contributed by atoms with E-state index in [-0.39, 0.29) is 12.4 Å². The summed E-state index contributed by atoms with van der Waals surface area (Å²) in [5, 5.41) is 8.50. The molecule has 0 amide bonds. The van der Waals surface area contributed by atoms with Crippen LogP contribution in [0.15, 0.2) is 24.3 Å². The lowest BCUT2D eigenvalue weighted by molar-refractivity contribution is -0.144. The van der Waals surface area contributed by atoms with E-state index in [2.05, 4.69) is 18.2 Å². The minimum Gasteiger partial charge on any atom is -0.481 e. The van der Waals surface area contributed by atoms with E-state index in [4.69, 9.17) is 9.84 Å². The van der Waals surface area contributed by atoms with Gasteiger partial charge in [0.05, 0.1) is 6.61 Å². The molecule has 0 atom stereocenters. The smallest absolute Gasteiger partial charge is 0.305 e. The molecule has 0 radical (unpaired) electrons. The van der Waals surface area contributed by atoms with Gasteiger partial charge in [-0.2, -0.15) is 0 Å². The number of allylic oxidation sites excluding steroid dienone is 3. The van der Waals surface area contributed by atoms with Crippen molar-refractivity contribution in [2.45, 2.75) is 83.5 Å². The molecule has 0 saturated heterocycles. The monoisotopic (exact) mass is 350 g/mol. The van der Waals surface area contributed by atoms with E-state index in [0.717, 1.165) is 18.8 Å². The minimum absolute atomic E-state index is 0.115. The highest BCUT2D eigenvalue weighted by molar-refractivity contribution is 5.69. The van der Waals surface area contributed by atoms with Gasteiger partial charge in [-0.1, -0.05) is 56.4 Å². The van der Waals surface area contributed by atoms with Crippen molar-refractivity contribution >= 4 is 11.9 Å². The summed E-state index contributed by atoms with van der Waals surface area (Å²) >= 11 is 0. The predicted octanol–water partition coefficient (Wildman–Crippen LogP) is 5.43. The summed E-state index contributed by atoms with van der Waals surface area (Å²) in [6.45, 7) is 0.402. The van der Waals surface area contributed by atoms with Crippen molar-refractivity contribution in [3.05, 3.63) is 24.3 Å². The zero-order valence-corrected chi connectivity index (χ0v) is 15.5. The number of carboxylic acids is 1. The van der Waals surface area contributed by atoms with Gasteiger partial charge in [0.25, 0.3) is 0 Å². The largest absolute Gasteiger partial charge is 0.481 e. The number of unbranched alkanes of at least 4 members (excludes halogenated alkanes) is 1. The van der Waals surface area contributed by atoms with E-state index in [1.54, 1.807) is 0 Å². The molecule has 1 N–H and O–H groups in total. The average molecular weight is 350 g/mol. The lowest BCUT2D eigenvalue weighted by Crippen LogP contribution is -2.05. The fourth-order valence-electron chi connectivity index (χ4n) is 3.17. The number of carboxylic acid groups (broad SMARTS) is 1. The molecule has 1 aliphatic rings. The number of carbonyl (C=O) groups excluding carboxylic acids is 1. The molecular weight excluding hydrogens is 316 g/mol. The zero-order chi connectivity index (χ0) is 18.2. The number of carbonyl (C=O) groups is 2. The van der Waals surface area contributed by atoms with Gasteiger partial charge in [-0.05, 0) is 44.4 Å². The summed E-state index contributed by atoms with van der Waals surface area (Å²) in [4.78, 5) is 21.8. The zero-order valence-electron chi connectivity index (χ0n) is 15.5. The van der Waals surface area contributed by atoms with Crippen LogP contribution in [0.4, 0.5) is 0 Å². The molecule has 1 aliphatic carbocycles. The van der Waals surface area contributed by atoms with E-state index in [0.29, 0.717) is 25.9 Å². The molecule has 142 valence electrons. The van der Waals surface area contributed by atoms with Crippen molar-refractivity contribution in [3.63, 3.8) is 0 Å². The van der Waals surface area contributed by atoms with Crippen molar-refractivity contribution in [2.24, 2.45) is 5.92 Å². The van der Waals surface area contributed by atoms with Gasteiger partial charge in [-0.3, -0.25) is 9.59 Å². The van der Waals surface area contributed by atoms with Crippen LogP contribution in [0.25, 0.3) is 0 Å². The first-order chi connectivity index (χ1) is 12.2. The number of esters is 1. The normalized spacial score (nSPS) is 15.8. The predicted molar refractivity (Wildman–Crippen MR) is 100 cm³/mol. The molecule has 0 bridgehead atoms. The van der Waals surface area contributed by atoms with Crippen LogP contribution >= 0.6 is 0 Å². The number of hydrogen-bond donors (Lipinski definition) is 1. The van der Waals surface area contributed by atoms with Crippen LogP contribution in [0.5, 0.6) is 0 Å². The van der Waals surface area contributed by atoms with Crippen LogP contribution in [0.3, 0.4) is 0 Å². The van der Waals surface area contributed by atoms with Gasteiger partial charge in [-0.25, -0.2) is 0 Å². The Bertz CT molecular complexity index is 420. The van der Waals surface area contributed by atoms with Crippen molar-refractivity contribution in [1.29, 1.82) is 0 Å². The molecule has 0 aromatic heterocycles. The molecule has 4 nitrogen and oxygen atoms in total. The SMILES string of the molecule is O=C(O)CCCCC(=O)OCC/C=C\C/C=C\CCC1CCCCC1. The van der Waals surface area contributed by atoms with E-state index in [9.17, 15) is 9.59 Å². The number of rotatable bonds is 13. The van der Waals surface area contributed by atoms with E-state index in [1.807, 2.05) is 6.08 Å². The topological polar surface area (TPSA) is 63.6 Å². The van der Waals surface area contributed by atoms with Crippen LogP contribution in [-0.4, -0.2) is 23.7 Å². The maximum atomic E-state index is 11.4. The molecule has 1 rings (SSSR count). The van der Waals surface area contributed by atoms with Crippen LogP contribution in [0.2, 0.25) is 0 Å². The molecule has 1 fully saturated rings. The number of aliphatic carboxylic acids is 1. The summed E-state index contributed by atoms with van der Waals surface area (Å²) in [7, 11) is 0. The second-order valence-corrected chi connectivity index (χ2v) is 6.87. The standard InChI is InChI=1S/C21H34O4/c22-20(23)16-10-11-17-21(24)25-18-12-5-3-1-2-4-7-13-19-14-8-6-9-15-19/h2-5,19H,1,6-18H2,(H,22,23)/b4-2-,5-3-. The number of hydrogen-bond acceptors (Lipinski definition) is 3. The molecule has 25 heavy (non-hydrogen) atoms. The summed E-state index contributed by atoms with van der Waals surface area (Å²) < 4.78 is 5.11. The molecule has 0 aliphatic heterocycles. The first-order valence-electron chi connectivity index (χ1n) is 9.86. The van der Waals surface area contributed by atoms with E-state index < -0.39 is 5.97 Å². The van der Waals surface area contributed by atoms with Gasteiger partial charge in [-0.15, -0.1) is 0 Å². The fraction of sp³-hybridized carbons (Fsp3) is 0.714. The summed E-state index contributed by atoms with van der Waals surface area (Å²) in [6.07, 6.45) is 21.5. The van der Waals surface area contributed by atoms with E-state index in [1.165, 1.54) is 44.9 Å². The second-order valence-electron chi connectivity index (χ2n) is 6.87. The quantitative estimate of drug-likeness (QED) is 0.273. The van der Waals surface area contributed by atoms with Crippen molar-refractivity contribution in [3.8, 4) is 0 Å². The highest BCUT2D eigenvalue weighted by atomic mass is 16.5. The Morgan fingerprint density at radius 1 is 0.920 bits per heavy atom. The van der Waals surface area contributed by atoms with Crippen molar-refractivity contribution in [1.82, 2.24) is 0 Å². The third-order valence-corrected chi connectivity index (χ3v) is 4.64. The van der Waals surface area contributed by atoms with Crippen LogP contribution in [0.1, 0.15) is 83.5 Å².